The first-order valence-electron chi connectivity index (χ1n) is 17.3. The van der Waals surface area contributed by atoms with E-state index in [0.717, 1.165) is 31.2 Å². The van der Waals surface area contributed by atoms with Crippen LogP contribution in [0.4, 0.5) is 0 Å². The average molecular weight is 675 g/mol. The normalized spacial score (nSPS) is 44.6. The van der Waals surface area contributed by atoms with Gasteiger partial charge in [0.15, 0.2) is 17.0 Å². The summed E-state index contributed by atoms with van der Waals surface area (Å²) in [4.78, 5) is 27.5. The number of aliphatic hydroxyl groups excluding tert-OH is 2. The van der Waals surface area contributed by atoms with E-state index in [9.17, 15) is 24.9 Å². The summed E-state index contributed by atoms with van der Waals surface area (Å²) in [7, 11) is 0. The molecule has 1 aromatic rings. The number of allylic oxidation sites excluding steroid dienone is 3. The summed E-state index contributed by atoms with van der Waals surface area (Å²) in [5.41, 5.74) is -5.57. The Labute approximate surface area is 286 Å². The van der Waals surface area contributed by atoms with Crippen LogP contribution >= 0.6 is 0 Å². The van der Waals surface area contributed by atoms with E-state index in [1.165, 1.54) is 6.08 Å². The number of carbonyl (C=O) groups excluding carboxylic acids is 2. The summed E-state index contributed by atoms with van der Waals surface area (Å²) in [5.74, 6) is -5.89. The van der Waals surface area contributed by atoms with Crippen molar-refractivity contribution < 1.29 is 48.6 Å². The number of epoxide rings is 1. The third-order valence-corrected chi connectivity index (χ3v) is 11.7. The zero-order valence-electron chi connectivity index (χ0n) is 28.4. The van der Waals surface area contributed by atoms with Gasteiger partial charge in [-0.05, 0) is 49.5 Å². The van der Waals surface area contributed by atoms with Gasteiger partial charge in [0.25, 0.3) is 0 Å². The Morgan fingerprint density at radius 1 is 1.10 bits per heavy atom. The molecule has 12 atom stereocenters. The lowest BCUT2D eigenvalue weighted by Gasteiger charge is -2.61. The number of hydrogen-bond donors (Lipinski definition) is 3. The van der Waals surface area contributed by atoms with E-state index < -0.39 is 88.9 Å². The fourth-order valence-corrected chi connectivity index (χ4v) is 9.38. The summed E-state index contributed by atoms with van der Waals surface area (Å²) in [6.45, 7) is 11.0. The zero-order valence-corrected chi connectivity index (χ0v) is 28.4. The van der Waals surface area contributed by atoms with Gasteiger partial charge in [0.1, 0.15) is 30.0 Å². The first-order chi connectivity index (χ1) is 23.4. The number of fused-ring (bicyclic) bond motifs is 3. The smallest absolute Gasteiger partial charge is 0.331 e. The van der Waals surface area contributed by atoms with Crippen molar-refractivity contribution in [2.45, 2.75) is 106 Å². The van der Waals surface area contributed by atoms with Crippen LogP contribution in [-0.2, 0) is 33.3 Å². The van der Waals surface area contributed by atoms with Crippen LogP contribution in [0.2, 0.25) is 0 Å². The van der Waals surface area contributed by atoms with Gasteiger partial charge in [-0.1, -0.05) is 87.9 Å². The van der Waals surface area contributed by atoms with Crippen LogP contribution in [0.5, 0.6) is 0 Å². The molecule has 3 aliphatic heterocycles. The number of unbranched alkanes of at least 4 members (excludes halogenated alkanes) is 3. The first kappa shape index (κ1) is 34.2. The minimum atomic E-state index is -2.42. The molecule has 6 aliphatic rings. The highest BCUT2D eigenvalue weighted by Crippen LogP contribution is 2.73. The molecule has 3 heterocycles. The Balaban J connectivity index is 1.37. The molecule has 49 heavy (non-hydrogen) atoms. The highest BCUT2D eigenvalue weighted by atomic mass is 16.9. The van der Waals surface area contributed by atoms with Crippen LogP contribution in [0, 0.1) is 17.8 Å². The van der Waals surface area contributed by atoms with Crippen LogP contribution in [0.15, 0.2) is 84.5 Å². The van der Waals surface area contributed by atoms with Gasteiger partial charge >= 0.3 is 11.9 Å². The molecule has 2 saturated carbocycles. The number of carbonyl (C=O) groups is 2. The fourth-order valence-electron chi connectivity index (χ4n) is 9.38. The molecule has 0 spiro atoms. The Kier molecular flexibility index (Phi) is 8.34. The van der Waals surface area contributed by atoms with Gasteiger partial charge in [-0.25, -0.2) is 4.79 Å². The Morgan fingerprint density at radius 3 is 2.55 bits per heavy atom. The predicted molar refractivity (Wildman–Crippen MR) is 178 cm³/mol. The SMILES string of the molecule is C=C(C)[C@@]12O[C@@]3(C=CC=CCCCCC)O[C@@H]1[C@@H]1[C@@H]4O[C@]4(CO)[C@@H](O)[C@]4(O)C(=O)C(C)=C[C@H]4[C@@]1(O3)[C@H](C)[C@H]2OC(=O)C=Cc1ccccc1. The van der Waals surface area contributed by atoms with Crippen LogP contribution in [0.1, 0.15) is 58.9 Å². The number of esters is 1. The van der Waals surface area contributed by atoms with E-state index in [0.29, 0.717) is 5.57 Å². The van der Waals surface area contributed by atoms with Crippen molar-refractivity contribution in [2.24, 2.45) is 17.8 Å². The van der Waals surface area contributed by atoms with Crippen LogP contribution in [0.25, 0.3) is 6.08 Å². The zero-order chi connectivity index (χ0) is 35.0. The minimum absolute atomic E-state index is 0.234. The third kappa shape index (κ3) is 4.65. The molecule has 3 N–H and O–H groups in total. The number of ketones is 1. The lowest BCUT2D eigenvalue weighted by atomic mass is 9.53. The maximum atomic E-state index is 13.9. The highest BCUT2D eigenvalue weighted by Gasteiger charge is 2.90. The quantitative estimate of drug-likeness (QED) is 0.0784. The first-order valence-corrected chi connectivity index (χ1v) is 17.3. The second-order valence-corrected chi connectivity index (χ2v) is 14.5. The van der Waals surface area contributed by atoms with E-state index in [1.807, 2.05) is 49.4 Å². The van der Waals surface area contributed by atoms with E-state index in [-0.39, 0.29) is 5.57 Å². The minimum Gasteiger partial charge on any atom is -0.455 e. The molecule has 0 aromatic heterocycles. The van der Waals surface area contributed by atoms with Crippen LogP contribution in [0.3, 0.4) is 0 Å². The molecular formula is C39H46O10. The lowest BCUT2D eigenvalue weighted by molar-refractivity contribution is -0.407. The molecular weight excluding hydrogens is 628 g/mol. The van der Waals surface area contributed by atoms with Crippen molar-refractivity contribution in [3.05, 3.63) is 90.1 Å². The second-order valence-electron chi connectivity index (χ2n) is 14.5. The molecule has 1 aromatic carbocycles. The molecule has 10 heteroatoms. The van der Waals surface area contributed by atoms with Gasteiger partial charge in [-0.3, -0.25) is 4.79 Å². The molecule has 0 amide bonds. The number of Topliss-reactive ketones (excluding diaryl/α,β-unsaturated/α-hetero) is 1. The molecule has 5 fully saturated rings. The lowest BCUT2D eigenvalue weighted by Crippen LogP contribution is -2.76. The van der Waals surface area contributed by atoms with Crippen LogP contribution < -0.4 is 0 Å². The van der Waals surface area contributed by atoms with Crippen molar-refractivity contribution in [2.75, 3.05) is 6.61 Å². The Bertz CT molecular complexity index is 1650. The van der Waals surface area contributed by atoms with E-state index in [2.05, 4.69) is 13.5 Å². The van der Waals surface area contributed by atoms with E-state index >= 15 is 0 Å². The number of benzene rings is 1. The number of ether oxygens (including phenoxy) is 5. The molecule has 7 rings (SSSR count). The van der Waals surface area contributed by atoms with Crippen molar-refractivity contribution in [3.8, 4) is 0 Å². The molecule has 3 aliphatic carbocycles. The standard InChI is InChI=1S/C39H46O10/c1-6-7-8-9-10-11-15-20-36-47-33-29-32-35(22-40,46-32)34(43)37(44)27(21-24(4)30(37)42)39(29,49-36)25(5)31(38(33,48-36)23(2)3)45-28(41)19-18-26-16-13-12-14-17-26/h10-21,25,27,29,31-34,40,43-44H,2,6-9,22H2,1,3-5H3/t25-,27-,29+,31-,32+,33-,34-,35+,36-,37-,38+,39+/m1/s1. The van der Waals surface area contributed by atoms with E-state index in [4.69, 9.17) is 23.7 Å². The van der Waals surface area contributed by atoms with Gasteiger partial charge < -0.3 is 39.0 Å². The van der Waals surface area contributed by atoms with Crippen molar-refractivity contribution >= 4 is 17.8 Å². The Morgan fingerprint density at radius 2 is 1.86 bits per heavy atom. The molecule has 3 saturated heterocycles. The summed E-state index contributed by atoms with van der Waals surface area (Å²) in [5, 5.41) is 35.0. The molecule has 10 nitrogen and oxygen atoms in total. The fraction of sp³-hybridized carbons (Fsp3) is 0.538. The van der Waals surface area contributed by atoms with Gasteiger partial charge in [-0.15, -0.1) is 0 Å². The third-order valence-electron chi connectivity index (χ3n) is 11.7. The Hall–Kier alpha value is -3.22. The monoisotopic (exact) mass is 674 g/mol. The average Bonchev–Trinajstić information content (AvgIpc) is 3.71. The van der Waals surface area contributed by atoms with Gasteiger partial charge in [0.2, 0.25) is 0 Å². The largest absolute Gasteiger partial charge is 0.455 e. The molecule has 0 radical (unpaired) electrons. The van der Waals surface area contributed by atoms with E-state index in [1.54, 1.807) is 38.2 Å². The molecule has 262 valence electrons. The van der Waals surface area contributed by atoms with Gasteiger partial charge in [0, 0.05) is 29.9 Å². The number of aliphatic hydroxyl groups is 3. The second kappa shape index (κ2) is 11.9. The van der Waals surface area contributed by atoms with Crippen molar-refractivity contribution in [1.29, 1.82) is 0 Å². The van der Waals surface area contributed by atoms with Gasteiger partial charge in [-0.2, -0.15) is 0 Å². The molecule has 0 unspecified atom stereocenters. The predicted octanol–water partition coefficient (Wildman–Crippen LogP) is 4.10. The summed E-state index contributed by atoms with van der Waals surface area (Å²) >= 11 is 0. The topological polar surface area (TPSA) is 144 Å². The summed E-state index contributed by atoms with van der Waals surface area (Å²) in [6.07, 6.45) is 11.5. The van der Waals surface area contributed by atoms with Crippen LogP contribution in [-0.4, -0.2) is 86.5 Å². The summed E-state index contributed by atoms with van der Waals surface area (Å²) in [6, 6.07) is 9.33. The number of rotatable bonds is 11. The van der Waals surface area contributed by atoms with Crippen molar-refractivity contribution in [1.82, 2.24) is 0 Å². The molecule has 3 bridgehead atoms. The van der Waals surface area contributed by atoms with Gasteiger partial charge in [0.05, 0.1) is 12.2 Å². The summed E-state index contributed by atoms with van der Waals surface area (Å²) < 4.78 is 33.2. The maximum Gasteiger partial charge on any atom is 0.331 e. The highest BCUT2D eigenvalue weighted by molar-refractivity contribution is 6.05. The maximum absolute atomic E-state index is 13.9. The number of hydrogen-bond acceptors (Lipinski definition) is 10. The van der Waals surface area contributed by atoms with Crippen molar-refractivity contribution in [3.63, 3.8) is 0 Å².